The molecule has 15 heavy (non-hydrogen) atoms. The largest absolute Gasteiger partial charge is 0.330 e. The number of halogens is 1. The molecule has 3 nitrogen and oxygen atoms in total. The van der Waals surface area contributed by atoms with E-state index in [9.17, 15) is 0 Å². The number of aromatic nitrogens is 1. The highest BCUT2D eigenvalue weighted by Gasteiger charge is 2.26. The summed E-state index contributed by atoms with van der Waals surface area (Å²) in [5.41, 5.74) is 5.68. The topological polar surface area (TPSA) is 42.2 Å². The summed E-state index contributed by atoms with van der Waals surface area (Å²) >= 11 is 1.74. The molecule has 1 aromatic heterocycles. The Labute approximate surface area is 101 Å². The van der Waals surface area contributed by atoms with Gasteiger partial charge in [0, 0.05) is 18.1 Å². The van der Waals surface area contributed by atoms with Crippen LogP contribution in [0.5, 0.6) is 0 Å². The van der Waals surface area contributed by atoms with Crippen LogP contribution in [-0.4, -0.2) is 29.5 Å². The van der Waals surface area contributed by atoms with Gasteiger partial charge in [0.2, 0.25) is 0 Å². The highest BCUT2D eigenvalue weighted by Crippen LogP contribution is 2.27. The molecule has 0 saturated carbocycles. The molecular weight excluding hydrogens is 230 g/mol. The quantitative estimate of drug-likeness (QED) is 0.887. The fraction of sp³-hybridized carbons (Fsp3) is 0.700. The van der Waals surface area contributed by atoms with Crippen LogP contribution < -0.4 is 5.73 Å². The number of rotatable bonds is 3. The summed E-state index contributed by atoms with van der Waals surface area (Å²) in [7, 11) is 0. The van der Waals surface area contributed by atoms with E-state index < -0.39 is 0 Å². The zero-order valence-electron chi connectivity index (χ0n) is 8.93. The van der Waals surface area contributed by atoms with Gasteiger partial charge >= 0.3 is 0 Å². The number of nitrogens with zero attached hydrogens (tertiary/aromatic N) is 2. The van der Waals surface area contributed by atoms with Crippen LogP contribution in [0.2, 0.25) is 0 Å². The van der Waals surface area contributed by atoms with Crippen LogP contribution in [0.4, 0.5) is 0 Å². The lowest BCUT2D eigenvalue weighted by Crippen LogP contribution is -2.26. The highest BCUT2D eigenvalue weighted by molar-refractivity contribution is 7.09. The lowest BCUT2D eigenvalue weighted by atomic mass is 10.1. The van der Waals surface area contributed by atoms with Gasteiger partial charge in [-0.05, 0) is 32.4 Å². The lowest BCUT2D eigenvalue weighted by Gasteiger charge is -2.22. The van der Waals surface area contributed by atoms with E-state index in [0.29, 0.717) is 12.0 Å². The van der Waals surface area contributed by atoms with Gasteiger partial charge in [-0.15, -0.1) is 23.7 Å². The second-order valence-corrected chi connectivity index (χ2v) is 4.86. The zero-order valence-corrected chi connectivity index (χ0v) is 10.6. The number of hydrogen-bond donors (Lipinski definition) is 1. The number of hydrogen-bond acceptors (Lipinski definition) is 4. The molecular formula is C10H18ClN3S. The fourth-order valence-electron chi connectivity index (χ4n) is 2.00. The summed E-state index contributed by atoms with van der Waals surface area (Å²) < 4.78 is 0. The molecule has 0 radical (unpaired) electrons. The van der Waals surface area contributed by atoms with Gasteiger partial charge in [-0.1, -0.05) is 0 Å². The Morgan fingerprint density at radius 1 is 1.73 bits per heavy atom. The minimum Gasteiger partial charge on any atom is -0.330 e. The van der Waals surface area contributed by atoms with Crippen LogP contribution in [0.3, 0.4) is 0 Å². The fourth-order valence-corrected chi connectivity index (χ4v) is 2.73. The van der Waals surface area contributed by atoms with Crippen molar-refractivity contribution in [2.24, 2.45) is 11.7 Å². The van der Waals surface area contributed by atoms with Crippen molar-refractivity contribution in [1.82, 2.24) is 9.88 Å². The summed E-state index contributed by atoms with van der Waals surface area (Å²) in [6.07, 6.45) is 3.12. The monoisotopic (exact) mass is 247 g/mol. The number of likely N-dealkylation sites (tertiary alicyclic amines) is 1. The minimum atomic E-state index is 0. The normalized spacial score (nSPS) is 23.7. The van der Waals surface area contributed by atoms with Gasteiger partial charge in [-0.25, -0.2) is 4.98 Å². The summed E-state index contributed by atoms with van der Waals surface area (Å²) in [6.45, 7) is 5.36. The average Bonchev–Trinajstić information content (AvgIpc) is 2.88. The number of thiazole rings is 1. The van der Waals surface area contributed by atoms with Crippen LogP contribution >= 0.6 is 23.7 Å². The van der Waals surface area contributed by atoms with Crippen molar-refractivity contribution in [1.29, 1.82) is 0 Å². The maximum atomic E-state index is 5.68. The standard InChI is InChI=1S/C10H17N3S.ClH/c1-8(10-12-3-5-14-10)13-4-2-9(6-11)7-13;/h3,5,8-9H,2,4,6-7,11H2,1H3;1H. The van der Waals surface area contributed by atoms with Gasteiger partial charge in [0.15, 0.2) is 0 Å². The van der Waals surface area contributed by atoms with Crippen LogP contribution in [0.1, 0.15) is 24.4 Å². The average molecular weight is 248 g/mol. The Morgan fingerprint density at radius 3 is 3.07 bits per heavy atom. The van der Waals surface area contributed by atoms with E-state index >= 15 is 0 Å². The van der Waals surface area contributed by atoms with Gasteiger partial charge in [0.25, 0.3) is 0 Å². The van der Waals surface area contributed by atoms with E-state index in [4.69, 9.17) is 5.73 Å². The predicted molar refractivity (Wildman–Crippen MR) is 66.5 cm³/mol. The zero-order chi connectivity index (χ0) is 9.97. The molecule has 0 bridgehead atoms. The molecule has 1 saturated heterocycles. The smallest absolute Gasteiger partial charge is 0.109 e. The summed E-state index contributed by atoms with van der Waals surface area (Å²) in [5, 5.41) is 3.27. The predicted octanol–water partition coefficient (Wildman–Crippen LogP) is 1.91. The van der Waals surface area contributed by atoms with Crippen LogP contribution in [0, 0.1) is 5.92 Å². The third kappa shape index (κ3) is 2.91. The third-order valence-corrected chi connectivity index (χ3v) is 3.95. The first-order valence-electron chi connectivity index (χ1n) is 5.14. The minimum absolute atomic E-state index is 0. The molecule has 0 aliphatic carbocycles. The Kier molecular flexibility index (Phi) is 4.99. The van der Waals surface area contributed by atoms with Crippen LogP contribution in [0.25, 0.3) is 0 Å². The SMILES string of the molecule is CC(c1nccs1)N1CCC(CN)C1.Cl. The summed E-state index contributed by atoms with van der Waals surface area (Å²) in [5.74, 6) is 0.692. The Morgan fingerprint density at radius 2 is 2.53 bits per heavy atom. The van der Waals surface area contributed by atoms with Crippen molar-refractivity contribution in [3.8, 4) is 0 Å². The molecule has 2 unspecified atom stereocenters. The van der Waals surface area contributed by atoms with Gasteiger partial charge in [0.05, 0.1) is 6.04 Å². The van der Waals surface area contributed by atoms with E-state index in [-0.39, 0.29) is 12.4 Å². The Hall–Kier alpha value is -0.160. The van der Waals surface area contributed by atoms with Gasteiger partial charge < -0.3 is 5.73 Å². The molecule has 2 rings (SSSR count). The Balaban J connectivity index is 0.00000112. The third-order valence-electron chi connectivity index (χ3n) is 3.01. The summed E-state index contributed by atoms with van der Waals surface area (Å²) in [6, 6.07) is 0.464. The lowest BCUT2D eigenvalue weighted by molar-refractivity contribution is 0.253. The van der Waals surface area contributed by atoms with E-state index in [1.807, 2.05) is 11.6 Å². The molecule has 0 aromatic carbocycles. The van der Waals surface area contributed by atoms with Crippen molar-refractivity contribution in [2.45, 2.75) is 19.4 Å². The molecule has 1 aliphatic rings. The molecule has 2 atom stereocenters. The molecule has 1 aromatic rings. The first-order valence-corrected chi connectivity index (χ1v) is 6.02. The van der Waals surface area contributed by atoms with Gasteiger partial charge in [0.1, 0.15) is 5.01 Å². The molecule has 2 heterocycles. The summed E-state index contributed by atoms with van der Waals surface area (Å²) in [4.78, 5) is 6.84. The Bertz CT molecular complexity index is 278. The van der Waals surface area contributed by atoms with E-state index in [1.165, 1.54) is 18.0 Å². The highest BCUT2D eigenvalue weighted by atomic mass is 35.5. The molecule has 86 valence electrons. The maximum absolute atomic E-state index is 5.68. The second kappa shape index (κ2) is 5.80. The molecule has 1 fully saturated rings. The first-order chi connectivity index (χ1) is 6.81. The van der Waals surface area contributed by atoms with Crippen molar-refractivity contribution in [3.05, 3.63) is 16.6 Å². The van der Waals surface area contributed by atoms with Crippen molar-refractivity contribution >= 4 is 23.7 Å². The van der Waals surface area contributed by atoms with Crippen molar-refractivity contribution < 1.29 is 0 Å². The molecule has 5 heteroatoms. The molecule has 1 aliphatic heterocycles. The maximum Gasteiger partial charge on any atom is 0.109 e. The van der Waals surface area contributed by atoms with Gasteiger partial charge in [-0.3, -0.25) is 4.90 Å². The van der Waals surface area contributed by atoms with Crippen molar-refractivity contribution in [2.75, 3.05) is 19.6 Å². The van der Waals surface area contributed by atoms with E-state index in [1.54, 1.807) is 11.3 Å². The second-order valence-electron chi connectivity index (χ2n) is 3.93. The first kappa shape index (κ1) is 12.9. The number of nitrogens with two attached hydrogens (primary N) is 1. The molecule has 0 spiro atoms. The van der Waals surface area contributed by atoms with Gasteiger partial charge in [-0.2, -0.15) is 0 Å². The van der Waals surface area contributed by atoms with E-state index in [0.717, 1.165) is 13.1 Å². The van der Waals surface area contributed by atoms with Crippen LogP contribution in [0.15, 0.2) is 11.6 Å². The molecule has 2 N–H and O–H groups in total. The van der Waals surface area contributed by atoms with Crippen LogP contribution in [-0.2, 0) is 0 Å². The molecule has 0 amide bonds. The van der Waals surface area contributed by atoms with E-state index in [2.05, 4.69) is 16.8 Å². The van der Waals surface area contributed by atoms with Crippen molar-refractivity contribution in [3.63, 3.8) is 0 Å².